The molecule has 4 rings (SSSR count). The smallest absolute Gasteiger partial charge is 0.257 e. The fourth-order valence-corrected chi connectivity index (χ4v) is 4.67. The van der Waals surface area contributed by atoms with Crippen LogP contribution in [0, 0.1) is 0 Å². The van der Waals surface area contributed by atoms with E-state index >= 15 is 0 Å². The van der Waals surface area contributed by atoms with Crippen molar-refractivity contribution in [2.45, 2.75) is 33.2 Å². The third kappa shape index (κ3) is 6.61. The molecule has 39 heavy (non-hydrogen) atoms. The maximum absolute atomic E-state index is 13.5. The molecule has 204 valence electrons. The highest BCUT2D eigenvalue weighted by atomic mass is 16.5. The van der Waals surface area contributed by atoms with Crippen molar-refractivity contribution in [2.24, 2.45) is 0 Å². The van der Waals surface area contributed by atoms with Gasteiger partial charge in [0.2, 0.25) is 11.8 Å². The molecule has 1 aliphatic rings. The lowest BCUT2D eigenvalue weighted by atomic mass is 10.1. The van der Waals surface area contributed by atoms with Gasteiger partial charge < -0.3 is 15.0 Å². The number of benzene rings is 2. The lowest BCUT2D eigenvalue weighted by Gasteiger charge is -2.27. The Bertz CT molecular complexity index is 1330. The number of nitrogens with one attached hydrogen (secondary N) is 1. The number of carbonyl (C=O) groups excluding carboxylic acids is 3. The van der Waals surface area contributed by atoms with E-state index in [0.717, 1.165) is 24.4 Å². The van der Waals surface area contributed by atoms with E-state index < -0.39 is 0 Å². The summed E-state index contributed by atoms with van der Waals surface area (Å²) >= 11 is 0. The summed E-state index contributed by atoms with van der Waals surface area (Å²) in [5.74, 6) is 0.483. The second-order valence-electron chi connectivity index (χ2n) is 9.27. The molecule has 1 aliphatic heterocycles. The molecule has 0 aliphatic carbocycles. The Labute approximate surface area is 229 Å². The molecule has 0 bridgehead atoms. The number of rotatable bonds is 11. The van der Waals surface area contributed by atoms with Crippen molar-refractivity contribution in [3.05, 3.63) is 78.0 Å². The van der Waals surface area contributed by atoms with E-state index in [4.69, 9.17) is 4.74 Å². The first-order chi connectivity index (χ1) is 18.9. The average Bonchev–Trinajstić information content (AvgIpc) is 3.09. The minimum absolute atomic E-state index is 0.00479. The fourth-order valence-electron chi connectivity index (χ4n) is 4.67. The maximum atomic E-state index is 13.5. The molecule has 2 heterocycles. The Kier molecular flexibility index (Phi) is 9.27. The standard InChI is InChI=1S/C30H35N5O4/c1-4-33(21-22-10-8-11-23(20-22)39-3)18-19-34(5-2)27(36)15-16-28(37)35-26-14-7-6-12-24(26)30(38)32-25-13-9-17-31-29(25)35/h6-14,17,20H,4-5,15-16,18-19,21H2,1-3H3,(H,32,38). The van der Waals surface area contributed by atoms with Gasteiger partial charge in [-0.05, 0) is 55.4 Å². The third-order valence-corrected chi connectivity index (χ3v) is 6.85. The quantitative estimate of drug-likeness (QED) is 0.394. The van der Waals surface area contributed by atoms with Crippen LogP contribution in [0.5, 0.6) is 5.75 Å². The first kappa shape index (κ1) is 27.8. The molecule has 0 saturated heterocycles. The highest BCUT2D eigenvalue weighted by Gasteiger charge is 2.30. The molecule has 1 N–H and O–H groups in total. The largest absolute Gasteiger partial charge is 0.497 e. The van der Waals surface area contributed by atoms with E-state index in [1.807, 2.05) is 25.1 Å². The van der Waals surface area contributed by atoms with Gasteiger partial charge in [0, 0.05) is 45.2 Å². The number of likely N-dealkylation sites (N-methyl/N-ethyl adjacent to an activating group) is 2. The zero-order chi connectivity index (χ0) is 27.8. The Morgan fingerprint density at radius 1 is 0.974 bits per heavy atom. The molecule has 0 radical (unpaired) electrons. The molecular weight excluding hydrogens is 494 g/mol. The van der Waals surface area contributed by atoms with E-state index in [1.54, 1.807) is 54.6 Å². The van der Waals surface area contributed by atoms with Crippen molar-refractivity contribution in [1.82, 2.24) is 14.8 Å². The molecule has 0 fully saturated rings. The lowest BCUT2D eigenvalue weighted by Crippen LogP contribution is -2.39. The number of para-hydroxylation sites is 1. The van der Waals surface area contributed by atoms with Crippen LogP contribution in [0.1, 0.15) is 42.6 Å². The predicted molar refractivity (Wildman–Crippen MR) is 151 cm³/mol. The minimum atomic E-state index is -0.308. The van der Waals surface area contributed by atoms with Crippen molar-refractivity contribution in [3.8, 4) is 5.75 Å². The summed E-state index contributed by atoms with van der Waals surface area (Å²) in [6.07, 6.45) is 1.64. The van der Waals surface area contributed by atoms with Crippen LogP contribution in [0.4, 0.5) is 17.2 Å². The molecule has 9 nitrogen and oxygen atoms in total. The van der Waals surface area contributed by atoms with E-state index in [1.165, 1.54) is 4.90 Å². The zero-order valence-electron chi connectivity index (χ0n) is 22.7. The number of fused-ring (bicyclic) bond motifs is 2. The molecule has 2 aromatic carbocycles. The van der Waals surface area contributed by atoms with Crippen molar-refractivity contribution < 1.29 is 19.1 Å². The molecule has 0 atom stereocenters. The van der Waals surface area contributed by atoms with Gasteiger partial charge in [0.1, 0.15) is 5.75 Å². The van der Waals surface area contributed by atoms with E-state index in [-0.39, 0.29) is 30.6 Å². The molecular formula is C30H35N5O4. The van der Waals surface area contributed by atoms with Gasteiger partial charge in [-0.1, -0.05) is 31.2 Å². The summed E-state index contributed by atoms with van der Waals surface area (Å²) in [5, 5.41) is 2.83. The number of ether oxygens (including phenoxy) is 1. The normalized spacial score (nSPS) is 12.3. The summed E-state index contributed by atoms with van der Waals surface area (Å²) < 4.78 is 5.33. The topological polar surface area (TPSA) is 95.1 Å². The van der Waals surface area contributed by atoms with Crippen molar-refractivity contribution in [2.75, 3.05) is 43.5 Å². The number of hydrogen-bond acceptors (Lipinski definition) is 6. The molecule has 1 aromatic heterocycles. The van der Waals surface area contributed by atoms with Gasteiger partial charge in [0.25, 0.3) is 5.91 Å². The summed E-state index contributed by atoms with van der Waals surface area (Å²) in [6.45, 7) is 7.48. The average molecular weight is 530 g/mol. The van der Waals surface area contributed by atoms with Crippen LogP contribution in [0.15, 0.2) is 66.9 Å². The number of hydrogen-bond donors (Lipinski definition) is 1. The SMILES string of the molecule is CCN(CCN(CC)C(=O)CCC(=O)N1c2ccccc2C(=O)Nc2cccnc21)Cc1cccc(OC)c1. The van der Waals surface area contributed by atoms with Gasteiger partial charge in [-0.2, -0.15) is 0 Å². The van der Waals surface area contributed by atoms with Crippen molar-refractivity contribution >= 4 is 34.9 Å². The summed E-state index contributed by atoms with van der Waals surface area (Å²) in [7, 11) is 1.66. The Hall–Kier alpha value is -4.24. The second-order valence-corrected chi connectivity index (χ2v) is 9.27. The van der Waals surface area contributed by atoms with Gasteiger partial charge in [-0.3, -0.25) is 24.2 Å². The lowest BCUT2D eigenvalue weighted by molar-refractivity contribution is -0.133. The Morgan fingerprint density at radius 3 is 2.56 bits per heavy atom. The number of carbonyl (C=O) groups is 3. The van der Waals surface area contributed by atoms with Crippen molar-refractivity contribution in [1.29, 1.82) is 0 Å². The zero-order valence-corrected chi connectivity index (χ0v) is 22.7. The molecule has 0 unspecified atom stereocenters. The minimum Gasteiger partial charge on any atom is -0.497 e. The van der Waals surface area contributed by atoms with Gasteiger partial charge in [0.05, 0.1) is 24.0 Å². The summed E-state index contributed by atoms with van der Waals surface area (Å²) in [6, 6.07) is 18.3. The number of nitrogens with zero attached hydrogens (tertiary/aromatic N) is 4. The van der Waals surface area contributed by atoms with Gasteiger partial charge >= 0.3 is 0 Å². The number of amides is 3. The van der Waals surface area contributed by atoms with Gasteiger partial charge in [0.15, 0.2) is 5.82 Å². The van der Waals surface area contributed by atoms with E-state index in [9.17, 15) is 14.4 Å². The van der Waals surface area contributed by atoms with Crippen LogP contribution in [-0.2, 0) is 16.1 Å². The fraction of sp³-hybridized carbons (Fsp3) is 0.333. The second kappa shape index (κ2) is 13.0. The van der Waals surface area contributed by atoms with Crippen LogP contribution >= 0.6 is 0 Å². The maximum Gasteiger partial charge on any atom is 0.257 e. The predicted octanol–water partition coefficient (Wildman–Crippen LogP) is 4.47. The number of anilines is 3. The van der Waals surface area contributed by atoms with E-state index in [2.05, 4.69) is 28.2 Å². The van der Waals surface area contributed by atoms with E-state index in [0.29, 0.717) is 42.4 Å². The van der Waals surface area contributed by atoms with Crippen LogP contribution in [0.3, 0.4) is 0 Å². The van der Waals surface area contributed by atoms with Crippen LogP contribution in [0.2, 0.25) is 0 Å². The Morgan fingerprint density at radius 2 is 1.79 bits per heavy atom. The highest BCUT2D eigenvalue weighted by molar-refractivity contribution is 6.17. The van der Waals surface area contributed by atoms with Gasteiger partial charge in [-0.15, -0.1) is 0 Å². The molecule has 3 amide bonds. The summed E-state index contributed by atoms with van der Waals surface area (Å²) in [4.78, 5) is 49.3. The highest BCUT2D eigenvalue weighted by Crippen LogP contribution is 2.36. The molecule has 0 spiro atoms. The van der Waals surface area contributed by atoms with Crippen molar-refractivity contribution in [3.63, 3.8) is 0 Å². The van der Waals surface area contributed by atoms with Crippen LogP contribution in [-0.4, -0.2) is 65.8 Å². The number of methoxy groups -OCH3 is 1. The van der Waals surface area contributed by atoms with Gasteiger partial charge in [-0.25, -0.2) is 4.98 Å². The summed E-state index contributed by atoms with van der Waals surface area (Å²) in [5.41, 5.74) is 2.43. The molecule has 9 heteroatoms. The Balaban J connectivity index is 1.40. The number of pyridine rings is 1. The monoisotopic (exact) mass is 529 g/mol. The van der Waals surface area contributed by atoms with Crippen LogP contribution < -0.4 is 15.0 Å². The van der Waals surface area contributed by atoms with Crippen LogP contribution in [0.25, 0.3) is 0 Å². The molecule has 0 saturated carbocycles. The molecule has 3 aromatic rings. The first-order valence-electron chi connectivity index (χ1n) is 13.3. The number of aromatic nitrogens is 1. The first-order valence-corrected chi connectivity index (χ1v) is 13.3. The third-order valence-electron chi connectivity index (χ3n) is 6.85.